The lowest BCUT2D eigenvalue weighted by molar-refractivity contribution is 0.0695. The third-order valence-electron chi connectivity index (χ3n) is 7.13. The molecule has 3 aliphatic rings. The van der Waals surface area contributed by atoms with Crippen LogP contribution >= 0.6 is 0 Å². The summed E-state index contributed by atoms with van der Waals surface area (Å²) in [5, 5.41) is 21.9. The summed E-state index contributed by atoms with van der Waals surface area (Å²) >= 11 is 0. The van der Waals surface area contributed by atoms with E-state index >= 15 is 4.39 Å². The molecule has 8 heteroatoms. The molecule has 0 amide bonds. The highest BCUT2D eigenvalue weighted by molar-refractivity contribution is 5.95. The maximum absolute atomic E-state index is 15.2. The Hall–Kier alpha value is -2.92. The van der Waals surface area contributed by atoms with E-state index in [9.17, 15) is 14.7 Å². The van der Waals surface area contributed by atoms with Crippen molar-refractivity contribution in [1.29, 1.82) is 5.26 Å². The van der Waals surface area contributed by atoms with E-state index in [2.05, 4.69) is 11.4 Å². The molecule has 162 valence electrons. The number of carboxylic acid groups (broad SMARTS) is 1. The lowest BCUT2D eigenvalue weighted by atomic mass is 9.87. The summed E-state index contributed by atoms with van der Waals surface area (Å²) in [6.07, 6.45) is 5.91. The molecular weight excluding hydrogens is 399 g/mol. The molecule has 2 N–H and O–H groups in total. The number of aryl methyl sites for hydroxylation is 1. The predicted molar refractivity (Wildman–Crippen MR) is 114 cm³/mol. The number of anilines is 1. The third kappa shape index (κ3) is 3.19. The number of benzene rings is 1. The number of aromatic carboxylic acids is 1. The molecule has 1 aromatic carbocycles. The molecule has 1 saturated heterocycles. The number of nitrogens with zero attached hydrogens (tertiary/aromatic N) is 3. The van der Waals surface area contributed by atoms with E-state index in [0.717, 1.165) is 38.8 Å². The molecular formula is C23H25FN4O3. The number of hydrogen-bond acceptors (Lipinski definition) is 5. The number of pyridine rings is 1. The van der Waals surface area contributed by atoms with Gasteiger partial charge in [0.1, 0.15) is 11.4 Å². The molecule has 2 aromatic rings. The highest BCUT2D eigenvalue weighted by Crippen LogP contribution is 2.48. The Morgan fingerprint density at radius 3 is 2.68 bits per heavy atom. The number of carboxylic acids is 1. The monoisotopic (exact) mass is 424 g/mol. The fourth-order valence-electron chi connectivity index (χ4n) is 5.09. The van der Waals surface area contributed by atoms with Gasteiger partial charge in [-0.15, -0.1) is 0 Å². The van der Waals surface area contributed by atoms with Crippen molar-refractivity contribution >= 4 is 22.6 Å². The van der Waals surface area contributed by atoms with Crippen LogP contribution in [0.1, 0.15) is 54.1 Å². The van der Waals surface area contributed by atoms with Gasteiger partial charge in [-0.25, -0.2) is 9.18 Å². The Morgan fingerprint density at radius 1 is 1.39 bits per heavy atom. The molecule has 5 rings (SSSR count). The molecule has 2 heterocycles. The molecule has 0 unspecified atom stereocenters. The number of nitrogens with one attached hydrogen (secondary N) is 1. The van der Waals surface area contributed by atoms with Crippen LogP contribution in [0.15, 0.2) is 17.1 Å². The van der Waals surface area contributed by atoms with E-state index in [1.54, 1.807) is 0 Å². The smallest absolute Gasteiger partial charge is 0.341 e. The molecule has 2 saturated carbocycles. The first-order chi connectivity index (χ1) is 14.9. The molecule has 0 spiro atoms. The van der Waals surface area contributed by atoms with Crippen LogP contribution in [0.4, 0.5) is 10.1 Å². The quantitative estimate of drug-likeness (QED) is 0.663. The predicted octanol–water partition coefficient (Wildman–Crippen LogP) is 2.95. The molecule has 7 nitrogen and oxygen atoms in total. The minimum atomic E-state index is -1.28. The molecule has 31 heavy (non-hydrogen) atoms. The maximum Gasteiger partial charge on any atom is 0.341 e. The second-order valence-electron chi connectivity index (χ2n) is 9.14. The summed E-state index contributed by atoms with van der Waals surface area (Å²) in [5.74, 6) is -1.36. The Kier molecular flexibility index (Phi) is 4.56. The molecule has 1 aliphatic heterocycles. The van der Waals surface area contributed by atoms with Crippen LogP contribution in [0.25, 0.3) is 10.9 Å². The van der Waals surface area contributed by atoms with E-state index in [-0.39, 0.29) is 22.5 Å². The Morgan fingerprint density at radius 2 is 2.10 bits per heavy atom. The minimum Gasteiger partial charge on any atom is -0.477 e. The molecule has 0 atom stereocenters. The van der Waals surface area contributed by atoms with Gasteiger partial charge in [0.2, 0.25) is 5.43 Å². The Bertz CT molecular complexity index is 1180. The van der Waals surface area contributed by atoms with E-state index in [1.807, 2.05) is 16.4 Å². The average Bonchev–Trinajstić information content (AvgIpc) is 3.59. The number of aromatic nitrogens is 1. The van der Waals surface area contributed by atoms with Gasteiger partial charge in [0.15, 0.2) is 0 Å². The van der Waals surface area contributed by atoms with Crippen molar-refractivity contribution in [3.8, 4) is 6.07 Å². The van der Waals surface area contributed by atoms with E-state index in [0.29, 0.717) is 35.7 Å². The second kappa shape index (κ2) is 7.06. The van der Waals surface area contributed by atoms with Crippen LogP contribution in [0, 0.1) is 30.0 Å². The number of halogens is 1. The lowest BCUT2D eigenvalue weighted by Crippen LogP contribution is -2.58. The summed E-state index contributed by atoms with van der Waals surface area (Å²) in [4.78, 5) is 26.3. The summed E-state index contributed by atoms with van der Waals surface area (Å²) in [5.41, 5.74) is 0.971. The van der Waals surface area contributed by atoms with Crippen molar-refractivity contribution in [2.45, 2.75) is 50.6 Å². The van der Waals surface area contributed by atoms with Crippen molar-refractivity contribution in [3.63, 3.8) is 0 Å². The average molecular weight is 424 g/mol. The highest BCUT2D eigenvalue weighted by Gasteiger charge is 2.53. The van der Waals surface area contributed by atoms with E-state index < -0.39 is 17.2 Å². The zero-order chi connectivity index (χ0) is 21.9. The van der Waals surface area contributed by atoms with E-state index in [4.69, 9.17) is 5.26 Å². The normalized spacial score (nSPS) is 19.8. The van der Waals surface area contributed by atoms with Gasteiger partial charge in [-0.1, -0.05) is 0 Å². The third-order valence-corrected chi connectivity index (χ3v) is 7.13. The summed E-state index contributed by atoms with van der Waals surface area (Å²) < 4.78 is 17.1. The van der Waals surface area contributed by atoms with Gasteiger partial charge in [0.25, 0.3) is 0 Å². The largest absolute Gasteiger partial charge is 0.477 e. The molecule has 0 bridgehead atoms. The van der Waals surface area contributed by atoms with Crippen LogP contribution in [-0.4, -0.2) is 40.8 Å². The van der Waals surface area contributed by atoms with Crippen molar-refractivity contribution in [1.82, 2.24) is 9.88 Å². The minimum absolute atomic E-state index is 0.0705. The zero-order valence-corrected chi connectivity index (χ0v) is 17.4. The van der Waals surface area contributed by atoms with Crippen molar-refractivity contribution in [2.75, 3.05) is 24.5 Å². The number of hydrogen-bond donors (Lipinski definition) is 2. The van der Waals surface area contributed by atoms with Gasteiger partial charge in [-0.2, -0.15) is 5.26 Å². The van der Waals surface area contributed by atoms with Crippen LogP contribution in [0.3, 0.4) is 0 Å². The highest BCUT2D eigenvalue weighted by atomic mass is 19.1. The van der Waals surface area contributed by atoms with Crippen LogP contribution < -0.4 is 15.6 Å². The molecule has 3 fully saturated rings. The fourth-order valence-corrected chi connectivity index (χ4v) is 5.09. The van der Waals surface area contributed by atoms with Gasteiger partial charge >= 0.3 is 5.97 Å². The summed E-state index contributed by atoms with van der Waals surface area (Å²) in [6, 6.07) is 3.53. The lowest BCUT2D eigenvalue weighted by Gasteiger charge is -2.46. The fraction of sp³-hybridized carbons (Fsp3) is 0.522. The number of fused-ring (bicyclic) bond motifs is 1. The topological polar surface area (TPSA) is 98.4 Å². The molecule has 2 aliphatic carbocycles. The molecule has 1 aromatic heterocycles. The number of rotatable bonds is 7. The van der Waals surface area contributed by atoms with Gasteiger partial charge in [0.05, 0.1) is 17.3 Å². The molecule has 0 radical (unpaired) electrons. The van der Waals surface area contributed by atoms with Gasteiger partial charge in [0, 0.05) is 55.1 Å². The second-order valence-corrected chi connectivity index (χ2v) is 9.14. The SMILES string of the molecule is Cc1c(N2CC(C3(NCCC#N)CC3)C2)c(F)cc2c(=O)c(C(=O)O)cn(C3CC3)c12. The Balaban J connectivity index is 1.49. The van der Waals surface area contributed by atoms with Crippen LogP contribution in [0.5, 0.6) is 0 Å². The summed E-state index contributed by atoms with van der Waals surface area (Å²) in [7, 11) is 0. The first-order valence-corrected chi connectivity index (χ1v) is 10.8. The standard InChI is InChI=1S/C23H25FN4O3/c1-13-19-16(21(29)17(22(30)31)12-28(19)15-3-4-15)9-18(24)20(13)27-10-14(11-27)23(5-6-23)26-8-2-7-25/h9,12,14-15,26H,2-6,8,10-11H2,1H3,(H,30,31). The number of carbonyl (C=O) groups is 1. The first-order valence-electron chi connectivity index (χ1n) is 10.8. The van der Waals surface area contributed by atoms with Gasteiger partial charge in [-0.05, 0) is 44.2 Å². The summed E-state index contributed by atoms with van der Waals surface area (Å²) in [6.45, 7) is 3.95. The van der Waals surface area contributed by atoms with E-state index in [1.165, 1.54) is 12.3 Å². The first kappa shape index (κ1) is 20.0. The van der Waals surface area contributed by atoms with Gasteiger partial charge < -0.3 is 19.9 Å². The van der Waals surface area contributed by atoms with Crippen LogP contribution in [0.2, 0.25) is 0 Å². The van der Waals surface area contributed by atoms with Crippen LogP contribution in [-0.2, 0) is 0 Å². The Labute approximate surface area is 179 Å². The van der Waals surface area contributed by atoms with Crippen molar-refractivity contribution < 1.29 is 14.3 Å². The van der Waals surface area contributed by atoms with Crippen molar-refractivity contribution in [2.24, 2.45) is 5.92 Å². The van der Waals surface area contributed by atoms with Gasteiger partial charge in [-0.3, -0.25) is 4.79 Å². The maximum atomic E-state index is 15.2. The number of nitriles is 1. The zero-order valence-electron chi connectivity index (χ0n) is 17.4. The van der Waals surface area contributed by atoms with Crippen molar-refractivity contribution in [3.05, 3.63) is 39.4 Å².